The Morgan fingerprint density at radius 2 is 2.13 bits per heavy atom. The number of nitrogens with one attached hydrogen (secondary N) is 1. The zero-order valence-electron chi connectivity index (χ0n) is 7.97. The van der Waals surface area contributed by atoms with E-state index in [1.165, 1.54) is 0 Å². The van der Waals surface area contributed by atoms with Gasteiger partial charge in [-0.05, 0) is 12.1 Å². The first-order valence-electron chi connectivity index (χ1n) is 4.72. The van der Waals surface area contributed by atoms with Crippen molar-refractivity contribution in [3.8, 4) is 0 Å². The van der Waals surface area contributed by atoms with Gasteiger partial charge < -0.3 is 4.74 Å². The first kappa shape index (κ1) is 8.23. The maximum absolute atomic E-state index is 5.53. The lowest BCUT2D eigenvalue weighted by atomic mass is 10.2. The van der Waals surface area contributed by atoms with Gasteiger partial charge in [0.25, 0.3) is 0 Å². The van der Waals surface area contributed by atoms with Crippen LogP contribution in [0.1, 0.15) is 11.3 Å². The van der Waals surface area contributed by atoms with Crippen LogP contribution in [0.15, 0.2) is 41.5 Å². The van der Waals surface area contributed by atoms with Crippen LogP contribution in [0.2, 0.25) is 0 Å². The number of para-hydroxylation sites is 1. The van der Waals surface area contributed by atoms with Gasteiger partial charge in [0, 0.05) is 11.8 Å². The van der Waals surface area contributed by atoms with Crippen LogP contribution in [0, 0.1) is 0 Å². The molecule has 3 rings (SSSR count). The van der Waals surface area contributed by atoms with E-state index in [1.807, 2.05) is 30.3 Å². The smallest absolute Gasteiger partial charge is 0.240 e. The number of aromatic nitrogens is 2. The molecule has 4 heteroatoms. The van der Waals surface area contributed by atoms with E-state index in [1.54, 1.807) is 6.20 Å². The molecule has 0 spiro atoms. The van der Waals surface area contributed by atoms with E-state index in [0.29, 0.717) is 12.5 Å². The van der Waals surface area contributed by atoms with Gasteiger partial charge in [0.05, 0.1) is 5.69 Å². The Kier molecular flexibility index (Phi) is 1.78. The molecule has 1 N–H and O–H groups in total. The van der Waals surface area contributed by atoms with Crippen LogP contribution in [-0.4, -0.2) is 16.1 Å². The van der Waals surface area contributed by atoms with Crippen LogP contribution in [0.25, 0.3) is 0 Å². The average molecular weight is 199 g/mol. The minimum absolute atomic E-state index is 0.564. The zero-order valence-corrected chi connectivity index (χ0v) is 7.97. The first-order chi connectivity index (χ1) is 7.43. The van der Waals surface area contributed by atoms with Crippen molar-refractivity contribution in [1.29, 1.82) is 0 Å². The van der Waals surface area contributed by atoms with Crippen molar-refractivity contribution in [2.45, 2.75) is 6.61 Å². The number of hydrogen-bond acceptors (Lipinski definition) is 3. The average Bonchev–Trinajstić information content (AvgIpc) is 2.82. The molecule has 0 bridgehead atoms. The molecule has 74 valence electrons. The summed E-state index contributed by atoms with van der Waals surface area (Å²) in [6.07, 6.45) is 1.68. The highest BCUT2D eigenvalue weighted by Gasteiger charge is 2.14. The quantitative estimate of drug-likeness (QED) is 0.763. The molecule has 2 heterocycles. The van der Waals surface area contributed by atoms with Crippen LogP contribution >= 0.6 is 0 Å². The Morgan fingerprint density at radius 1 is 1.20 bits per heavy atom. The lowest BCUT2D eigenvalue weighted by Gasteiger charge is -2.15. The second-order valence-corrected chi connectivity index (χ2v) is 3.30. The van der Waals surface area contributed by atoms with Gasteiger partial charge in [0.15, 0.2) is 0 Å². The third-order valence-electron chi connectivity index (χ3n) is 2.31. The minimum atomic E-state index is 0.564. The molecule has 1 aromatic heterocycles. The number of fused-ring (bicyclic) bond motifs is 1. The van der Waals surface area contributed by atoms with Crippen molar-refractivity contribution in [2.24, 2.45) is 4.99 Å². The number of hydrogen-bond donors (Lipinski definition) is 1. The molecule has 0 fully saturated rings. The molecular formula is C11H9N3O. The predicted molar refractivity (Wildman–Crippen MR) is 56.0 cm³/mol. The maximum atomic E-state index is 5.53. The normalized spacial score (nSPS) is 14.0. The van der Waals surface area contributed by atoms with E-state index >= 15 is 0 Å². The van der Waals surface area contributed by atoms with Crippen molar-refractivity contribution in [2.75, 3.05) is 0 Å². The Labute approximate surface area is 86.6 Å². The molecule has 4 nitrogen and oxygen atoms in total. The van der Waals surface area contributed by atoms with Gasteiger partial charge in [0.1, 0.15) is 12.3 Å². The fourth-order valence-corrected chi connectivity index (χ4v) is 1.54. The maximum Gasteiger partial charge on any atom is 0.240 e. The highest BCUT2D eigenvalue weighted by Crippen LogP contribution is 2.25. The summed E-state index contributed by atoms with van der Waals surface area (Å²) >= 11 is 0. The summed E-state index contributed by atoms with van der Waals surface area (Å²) in [5.74, 6) is 0.603. The molecule has 0 atom stereocenters. The lowest BCUT2D eigenvalue weighted by molar-refractivity contribution is 0.287. The Morgan fingerprint density at radius 3 is 3.00 bits per heavy atom. The van der Waals surface area contributed by atoms with E-state index in [2.05, 4.69) is 15.2 Å². The lowest BCUT2D eigenvalue weighted by Crippen LogP contribution is -2.11. The second kappa shape index (κ2) is 3.24. The molecule has 2 aromatic rings. The van der Waals surface area contributed by atoms with E-state index in [0.717, 1.165) is 16.9 Å². The van der Waals surface area contributed by atoms with Crippen LogP contribution in [0.5, 0.6) is 0 Å². The van der Waals surface area contributed by atoms with E-state index in [9.17, 15) is 0 Å². The predicted octanol–water partition coefficient (Wildman–Crippen LogP) is 2.02. The van der Waals surface area contributed by atoms with Crippen molar-refractivity contribution in [1.82, 2.24) is 10.2 Å². The minimum Gasteiger partial charge on any atom is -0.471 e. The monoisotopic (exact) mass is 199 g/mol. The summed E-state index contributed by atoms with van der Waals surface area (Å²) in [6.45, 7) is 0.564. The molecule has 0 saturated carbocycles. The SMILES string of the molecule is c1ccc2c(c1)COC(c1ccn[nH]1)=N2. The van der Waals surface area contributed by atoms with Crippen molar-refractivity contribution in [3.05, 3.63) is 47.8 Å². The van der Waals surface area contributed by atoms with Crippen LogP contribution in [0.4, 0.5) is 5.69 Å². The molecule has 15 heavy (non-hydrogen) atoms. The number of nitrogens with zero attached hydrogens (tertiary/aromatic N) is 2. The Bertz CT molecular complexity index is 502. The van der Waals surface area contributed by atoms with Gasteiger partial charge in [-0.3, -0.25) is 5.10 Å². The summed E-state index contributed by atoms with van der Waals surface area (Å²) in [7, 11) is 0. The number of rotatable bonds is 1. The van der Waals surface area contributed by atoms with Gasteiger partial charge in [-0.1, -0.05) is 18.2 Å². The number of aliphatic imine (C=N–C) groups is 1. The fraction of sp³-hybridized carbons (Fsp3) is 0.0909. The molecule has 0 saturated heterocycles. The van der Waals surface area contributed by atoms with Gasteiger partial charge in [-0.15, -0.1) is 0 Å². The number of aromatic amines is 1. The highest BCUT2D eigenvalue weighted by atomic mass is 16.5. The number of benzene rings is 1. The summed E-state index contributed by atoms with van der Waals surface area (Å²) in [6, 6.07) is 9.79. The molecular weight excluding hydrogens is 190 g/mol. The fourth-order valence-electron chi connectivity index (χ4n) is 1.54. The van der Waals surface area contributed by atoms with Crippen molar-refractivity contribution >= 4 is 11.6 Å². The van der Waals surface area contributed by atoms with Gasteiger partial charge in [-0.2, -0.15) is 5.10 Å². The first-order valence-corrected chi connectivity index (χ1v) is 4.72. The van der Waals surface area contributed by atoms with E-state index in [-0.39, 0.29) is 0 Å². The number of H-pyrrole nitrogens is 1. The van der Waals surface area contributed by atoms with Crippen LogP contribution in [-0.2, 0) is 11.3 Å². The molecule has 1 aliphatic heterocycles. The standard InChI is InChI=1S/C11H9N3O/c1-2-4-9-8(3-1)7-15-11(13-9)10-5-6-12-14-10/h1-6H,7H2,(H,12,14). The van der Waals surface area contributed by atoms with Crippen LogP contribution in [0.3, 0.4) is 0 Å². The molecule has 0 amide bonds. The molecule has 0 unspecified atom stereocenters. The molecule has 0 aliphatic carbocycles. The molecule has 0 radical (unpaired) electrons. The van der Waals surface area contributed by atoms with Gasteiger partial charge in [-0.25, -0.2) is 4.99 Å². The summed E-state index contributed by atoms with van der Waals surface area (Å²) in [5, 5.41) is 6.70. The third kappa shape index (κ3) is 1.40. The third-order valence-corrected chi connectivity index (χ3v) is 2.31. The van der Waals surface area contributed by atoms with Crippen molar-refractivity contribution in [3.63, 3.8) is 0 Å². The van der Waals surface area contributed by atoms with Crippen molar-refractivity contribution < 1.29 is 4.74 Å². The Hall–Kier alpha value is -2.10. The van der Waals surface area contributed by atoms with E-state index in [4.69, 9.17) is 4.74 Å². The Balaban J connectivity index is 2.06. The molecule has 1 aliphatic rings. The topological polar surface area (TPSA) is 50.3 Å². The second-order valence-electron chi connectivity index (χ2n) is 3.30. The summed E-state index contributed by atoms with van der Waals surface area (Å²) in [5.41, 5.74) is 2.89. The highest BCUT2D eigenvalue weighted by molar-refractivity contribution is 5.94. The van der Waals surface area contributed by atoms with Gasteiger partial charge >= 0.3 is 0 Å². The largest absolute Gasteiger partial charge is 0.471 e. The van der Waals surface area contributed by atoms with Gasteiger partial charge in [0.2, 0.25) is 5.90 Å². The van der Waals surface area contributed by atoms with E-state index < -0.39 is 0 Å². The van der Waals surface area contributed by atoms with Crippen LogP contribution < -0.4 is 0 Å². The summed E-state index contributed by atoms with van der Waals surface area (Å²) in [4.78, 5) is 4.41. The molecule has 1 aromatic carbocycles. The zero-order chi connectivity index (χ0) is 10.1. The summed E-state index contributed by atoms with van der Waals surface area (Å²) < 4.78 is 5.53. The number of ether oxygens (including phenoxy) is 1.